The number of nitrogens with one attached hydrogen (secondary N) is 1. The molecule has 1 aromatic rings. The lowest BCUT2D eigenvalue weighted by molar-refractivity contribution is 0.0839. The first-order chi connectivity index (χ1) is 6.57. The van der Waals surface area contributed by atoms with E-state index in [4.69, 9.17) is 0 Å². The van der Waals surface area contributed by atoms with Gasteiger partial charge in [-0.05, 0) is 13.3 Å². The Hall–Kier alpha value is -1.36. The maximum Gasteiger partial charge on any atom is 0.266 e. The zero-order valence-electron chi connectivity index (χ0n) is 8.03. The molecule has 0 aromatic carbocycles. The minimum absolute atomic E-state index is 0.214. The molecular formula is C9H13N3O2. The highest BCUT2D eigenvalue weighted by Gasteiger charge is 2.31. The highest BCUT2D eigenvalue weighted by molar-refractivity contribution is 5.44. The summed E-state index contributed by atoms with van der Waals surface area (Å²) in [6.07, 6.45) is 2.32. The average Bonchev–Trinajstić information content (AvgIpc) is 2.46. The number of aromatic amines is 1. The molecule has 0 saturated carbocycles. The SMILES string of the molecule is CC1(O)CCN(c2cn[nH]c(=O)c2)C1. The van der Waals surface area contributed by atoms with E-state index in [0.717, 1.165) is 18.7 Å². The number of H-pyrrole nitrogens is 1. The van der Waals surface area contributed by atoms with Crippen LogP contribution < -0.4 is 10.5 Å². The molecule has 1 fully saturated rings. The lowest BCUT2D eigenvalue weighted by atomic mass is 10.1. The van der Waals surface area contributed by atoms with Gasteiger partial charge in [-0.15, -0.1) is 0 Å². The van der Waals surface area contributed by atoms with E-state index in [1.807, 2.05) is 4.90 Å². The smallest absolute Gasteiger partial charge is 0.266 e. The van der Waals surface area contributed by atoms with Gasteiger partial charge in [0, 0.05) is 19.2 Å². The fourth-order valence-corrected chi connectivity index (χ4v) is 1.70. The van der Waals surface area contributed by atoms with E-state index in [-0.39, 0.29) is 5.56 Å². The zero-order chi connectivity index (χ0) is 10.2. The van der Waals surface area contributed by atoms with Gasteiger partial charge in [0.2, 0.25) is 0 Å². The van der Waals surface area contributed by atoms with Gasteiger partial charge < -0.3 is 10.0 Å². The summed E-state index contributed by atoms with van der Waals surface area (Å²) in [6, 6.07) is 1.49. The minimum atomic E-state index is -0.650. The van der Waals surface area contributed by atoms with Crippen molar-refractivity contribution in [1.82, 2.24) is 10.2 Å². The fourth-order valence-electron chi connectivity index (χ4n) is 1.70. The Labute approximate surface area is 81.4 Å². The van der Waals surface area contributed by atoms with Gasteiger partial charge >= 0.3 is 0 Å². The summed E-state index contributed by atoms with van der Waals surface area (Å²) in [6.45, 7) is 3.11. The van der Waals surface area contributed by atoms with Crippen LogP contribution in [0, 0.1) is 0 Å². The van der Waals surface area contributed by atoms with Crippen molar-refractivity contribution in [2.24, 2.45) is 0 Å². The lowest BCUT2D eigenvalue weighted by Crippen LogP contribution is -2.30. The monoisotopic (exact) mass is 195 g/mol. The molecule has 0 radical (unpaired) electrons. The Kier molecular flexibility index (Phi) is 2.03. The number of nitrogens with zero attached hydrogens (tertiary/aromatic N) is 2. The van der Waals surface area contributed by atoms with Gasteiger partial charge in [-0.25, -0.2) is 5.10 Å². The molecule has 76 valence electrons. The van der Waals surface area contributed by atoms with Crippen LogP contribution in [0.4, 0.5) is 5.69 Å². The molecule has 0 aliphatic carbocycles. The number of hydrogen-bond acceptors (Lipinski definition) is 4. The second-order valence-corrected chi connectivity index (χ2v) is 3.97. The van der Waals surface area contributed by atoms with Gasteiger partial charge in [0.1, 0.15) is 0 Å². The van der Waals surface area contributed by atoms with Crippen molar-refractivity contribution < 1.29 is 5.11 Å². The van der Waals surface area contributed by atoms with Gasteiger partial charge in [0.05, 0.1) is 17.5 Å². The van der Waals surface area contributed by atoms with E-state index < -0.39 is 5.60 Å². The molecule has 0 amide bonds. The number of aromatic nitrogens is 2. The molecule has 0 bridgehead atoms. The van der Waals surface area contributed by atoms with Crippen molar-refractivity contribution in [2.45, 2.75) is 18.9 Å². The quantitative estimate of drug-likeness (QED) is 0.647. The Morgan fingerprint density at radius 3 is 3.07 bits per heavy atom. The van der Waals surface area contributed by atoms with E-state index in [2.05, 4.69) is 10.2 Å². The lowest BCUT2D eigenvalue weighted by Gasteiger charge is -2.19. The minimum Gasteiger partial charge on any atom is -0.388 e. The molecule has 0 spiro atoms. The predicted molar refractivity (Wildman–Crippen MR) is 52.3 cm³/mol. The second kappa shape index (κ2) is 3.09. The topological polar surface area (TPSA) is 69.2 Å². The average molecular weight is 195 g/mol. The third-order valence-corrected chi connectivity index (χ3v) is 2.47. The number of aliphatic hydroxyl groups is 1. The van der Waals surface area contributed by atoms with Crippen molar-refractivity contribution in [1.29, 1.82) is 0 Å². The first-order valence-electron chi connectivity index (χ1n) is 4.59. The highest BCUT2D eigenvalue weighted by atomic mass is 16.3. The third kappa shape index (κ3) is 1.77. The molecule has 1 aliphatic heterocycles. The summed E-state index contributed by atoms with van der Waals surface area (Å²) >= 11 is 0. The summed E-state index contributed by atoms with van der Waals surface area (Å²) in [7, 11) is 0. The molecule has 2 rings (SSSR count). The molecular weight excluding hydrogens is 182 g/mol. The van der Waals surface area contributed by atoms with Crippen LogP contribution in [0.5, 0.6) is 0 Å². The van der Waals surface area contributed by atoms with Crippen molar-refractivity contribution in [2.75, 3.05) is 18.0 Å². The predicted octanol–water partition coefficient (Wildman–Crippen LogP) is -0.269. The first-order valence-corrected chi connectivity index (χ1v) is 4.59. The maximum absolute atomic E-state index is 11.0. The molecule has 2 heterocycles. The summed E-state index contributed by atoms with van der Waals surface area (Å²) in [5.41, 5.74) is -0.0941. The largest absolute Gasteiger partial charge is 0.388 e. The van der Waals surface area contributed by atoms with Gasteiger partial charge in [0.15, 0.2) is 0 Å². The van der Waals surface area contributed by atoms with Gasteiger partial charge in [-0.2, -0.15) is 5.10 Å². The molecule has 2 N–H and O–H groups in total. The van der Waals surface area contributed by atoms with Crippen LogP contribution in [-0.4, -0.2) is 34.0 Å². The van der Waals surface area contributed by atoms with E-state index in [0.29, 0.717) is 6.54 Å². The van der Waals surface area contributed by atoms with E-state index >= 15 is 0 Å². The van der Waals surface area contributed by atoms with Crippen molar-refractivity contribution in [3.05, 3.63) is 22.6 Å². The Morgan fingerprint density at radius 2 is 2.50 bits per heavy atom. The molecule has 5 heteroatoms. The second-order valence-electron chi connectivity index (χ2n) is 3.97. The molecule has 1 aliphatic rings. The van der Waals surface area contributed by atoms with Gasteiger partial charge in [0.25, 0.3) is 5.56 Å². The summed E-state index contributed by atoms with van der Waals surface area (Å²) in [4.78, 5) is 13.0. The van der Waals surface area contributed by atoms with Crippen LogP contribution in [0.1, 0.15) is 13.3 Å². The maximum atomic E-state index is 11.0. The number of anilines is 1. The highest BCUT2D eigenvalue weighted by Crippen LogP contribution is 2.24. The van der Waals surface area contributed by atoms with E-state index in [1.165, 1.54) is 6.07 Å². The standard InChI is InChI=1S/C9H13N3O2/c1-9(14)2-3-12(6-9)7-4-8(13)11-10-5-7/h4-5,14H,2-3,6H2,1H3,(H,11,13). The molecule has 1 aromatic heterocycles. The number of hydrogen-bond donors (Lipinski definition) is 2. The van der Waals surface area contributed by atoms with Crippen LogP contribution in [0.15, 0.2) is 17.1 Å². The van der Waals surface area contributed by atoms with Crippen LogP contribution >= 0.6 is 0 Å². The molecule has 14 heavy (non-hydrogen) atoms. The van der Waals surface area contributed by atoms with Crippen LogP contribution in [0.25, 0.3) is 0 Å². The van der Waals surface area contributed by atoms with Crippen molar-refractivity contribution >= 4 is 5.69 Å². The molecule has 1 atom stereocenters. The van der Waals surface area contributed by atoms with Crippen LogP contribution in [0.3, 0.4) is 0 Å². The summed E-state index contributed by atoms with van der Waals surface area (Å²) in [5, 5.41) is 15.8. The Balaban J connectivity index is 2.22. The summed E-state index contributed by atoms with van der Waals surface area (Å²) < 4.78 is 0. The fraction of sp³-hybridized carbons (Fsp3) is 0.556. The Morgan fingerprint density at radius 1 is 1.71 bits per heavy atom. The number of rotatable bonds is 1. The normalized spacial score (nSPS) is 26.9. The van der Waals surface area contributed by atoms with Crippen LogP contribution in [0.2, 0.25) is 0 Å². The first kappa shape index (κ1) is 9.21. The van der Waals surface area contributed by atoms with Crippen molar-refractivity contribution in [3.63, 3.8) is 0 Å². The van der Waals surface area contributed by atoms with E-state index in [9.17, 15) is 9.90 Å². The van der Waals surface area contributed by atoms with Crippen molar-refractivity contribution in [3.8, 4) is 0 Å². The van der Waals surface area contributed by atoms with E-state index in [1.54, 1.807) is 13.1 Å². The molecule has 1 unspecified atom stereocenters. The third-order valence-electron chi connectivity index (χ3n) is 2.47. The summed E-state index contributed by atoms with van der Waals surface area (Å²) in [5.74, 6) is 0. The van der Waals surface area contributed by atoms with Gasteiger partial charge in [-0.1, -0.05) is 0 Å². The molecule has 1 saturated heterocycles. The molecule has 5 nitrogen and oxygen atoms in total. The van der Waals surface area contributed by atoms with Crippen LogP contribution in [-0.2, 0) is 0 Å². The zero-order valence-corrected chi connectivity index (χ0v) is 8.03. The number of β-amino-alcohol motifs (C(OH)–C–C–N with tert-alkyl or cyclic N) is 1. The Bertz CT molecular complexity index is 386. The van der Waals surface area contributed by atoms with Gasteiger partial charge in [-0.3, -0.25) is 4.79 Å².